The van der Waals surface area contributed by atoms with Gasteiger partial charge in [-0.1, -0.05) is 37.8 Å². The van der Waals surface area contributed by atoms with Crippen molar-refractivity contribution >= 4 is 23.2 Å². The lowest BCUT2D eigenvalue weighted by atomic mass is 10.1. The number of rotatable bonds is 9. The van der Waals surface area contributed by atoms with Gasteiger partial charge in [-0.25, -0.2) is 0 Å². The Balaban J connectivity index is 2.42. The molecule has 7 heteroatoms. The van der Waals surface area contributed by atoms with Crippen molar-refractivity contribution in [3.63, 3.8) is 0 Å². The van der Waals surface area contributed by atoms with Gasteiger partial charge in [0, 0.05) is 18.2 Å². The van der Waals surface area contributed by atoms with Crippen LogP contribution in [0.1, 0.15) is 39.5 Å². The van der Waals surface area contributed by atoms with E-state index in [-0.39, 0.29) is 35.0 Å². The molecule has 0 aliphatic rings. The molecule has 1 amide bonds. The minimum absolute atomic E-state index is 0.0926. The maximum absolute atomic E-state index is 11.8. The van der Waals surface area contributed by atoms with Crippen LogP contribution in [0, 0.1) is 10.1 Å². The number of nitrogens with zero attached hydrogens (tertiary/aromatic N) is 1. The Bertz CT molecular complexity index is 522. The lowest BCUT2D eigenvalue weighted by molar-refractivity contribution is -0.384. The topological polar surface area (TPSA) is 81.5 Å². The highest BCUT2D eigenvalue weighted by molar-refractivity contribution is 6.32. The lowest BCUT2D eigenvalue weighted by Gasteiger charge is -2.14. The number of ether oxygens (including phenoxy) is 1. The van der Waals surface area contributed by atoms with Gasteiger partial charge in [-0.3, -0.25) is 14.9 Å². The molecule has 6 nitrogen and oxygen atoms in total. The number of nitrogens with one attached hydrogen (secondary N) is 1. The highest BCUT2D eigenvalue weighted by Gasteiger charge is 2.12. The van der Waals surface area contributed by atoms with E-state index in [0.29, 0.717) is 0 Å². The predicted octanol–water partition coefficient (Wildman–Crippen LogP) is 3.71. The molecule has 1 unspecified atom stereocenters. The summed E-state index contributed by atoms with van der Waals surface area (Å²) in [7, 11) is 0. The zero-order chi connectivity index (χ0) is 16.5. The second-order valence-corrected chi connectivity index (χ2v) is 5.53. The van der Waals surface area contributed by atoms with Crippen LogP contribution in [0.2, 0.25) is 5.02 Å². The molecule has 0 bridgehead atoms. The summed E-state index contributed by atoms with van der Waals surface area (Å²) >= 11 is 5.89. The molecule has 0 aromatic heterocycles. The fourth-order valence-corrected chi connectivity index (χ4v) is 2.18. The second-order valence-electron chi connectivity index (χ2n) is 5.12. The monoisotopic (exact) mass is 328 g/mol. The fraction of sp³-hybridized carbons (Fsp3) is 0.533. The summed E-state index contributed by atoms with van der Waals surface area (Å²) in [6.45, 7) is 3.91. The predicted molar refractivity (Wildman–Crippen MR) is 85.3 cm³/mol. The third kappa shape index (κ3) is 6.30. The highest BCUT2D eigenvalue weighted by Crippen LogP contribution is 2.28. The van der Waals surface area contributed by atoms with E-state index in [1.165, 1.54) is 18.2 Å². The minimum atomic E-state index is -0.541. The van der Waals surface area contributed by atoms with Crippen LogP contribution in [0.5, 0.6) is 5.75 Å². The molecular weight excluding hydrogens is 308 g/mol. The molecule has 22 heavy (non-hydrogen) atoms. The van der Waals surface area contributed by atoms with Gasteiger partial charge in [0.1, 0.15) is 5.75 Å². The van der Waals surface area contributed by atoms with E-state index in [1.54, 1.807) is 0 Å². The Morgan fingerprint density at radius 3 is 2.77 bits per heavy atom. The number of unbranched alkanes of at least 4 members (excludes halogenated alkanes) is 2. The van der Waals surface area contributed by atoms with Gasteiger partial charge >= 0.3 is 0 Å². The van der Waals surface area contributed by atoms with Crippen LogP contribution in [0.25, 0.3) is 0 Å². The van der Waals surface area contributed by atoms with Gasteiger partial charge in [-0.2, -0.15) is 0 Å². The fourth-order valence-electron chi connectivity index (χ4n) is 1.95. The second kappa shape index (κ2) is 9.25. The van der Waals surface area contributed by atoms with E-state index in [9.17, 15) is 14.9 Å². The van der Waals surface area contributed by atoms with E-state index in [4.69, 9.17) is 16.3 Å². The van der Waals surface area contributed by atoms with Crippen molar-refractivity contribution in [1.29, 1.82) is 0 Å². The van der Waals surface area contributed by atoms with Gasteiger partial charge in [0.05, 0.1) is 9.95 Å². The van der Waals surface area contributed by atoms with Gasteiger partial charge in [-0.05, 0) is 19.4 Å². The Kier molecular flexibility index (Phi) is 7.66. The van der Waals surface area contributed by atoms with Crippen LogP contribution in [0.3, 0.4) is 0 Å². The van der Waals surface area contributed by atoms with Crippen LogP contribution in [-0.4, -0.2) is 23.5 Å². The maximum Gasteiger partial charge on any atom is 0.271 e. The molecule has 0 aliphatic heterocycles. The summed E-state index contributed by atoms with van der Waals surface area (Å²) in [6.07, 6.45) is 4.29. The van der Waals surface area contributed by atoms with E-state index in [0.717, 1.165) is 25.7 Å². The first-order valence-corrected chi connectivity index (χ1v) is 7.68. The van der Waals surface area contributed by atoms with Gasteiger partial charge in [-0.15, -0.1) is 0 Å². The molecule has 1 atom stereocenters. The Hall–Kier alpha value is -1.82. The molecule has 1 rings (SSSR count). The summed E-state index contributed by atoms with van der Waals surface area (Å²) in [5.41, 5.74) is -0.119. The normalized spacial score (nSPS) is 11.8. The Labute approximate surface area is 134 Å². The number of hydrogen-bond donors (Lipinski definition) is 1. The van der Waals surface area contributed by atoms with E-state index in [1.807, 2.05) is 6.92 Å². The summed E-state index contributed by atoms with van der Waals surface area (Å²) in [4.78, 5) is 21.8. The number of amides is 1. The Morgan fingerprint density at radius 2 is 2.18 bits per heavy atom. The van der Waals surface area contributed by atoms with Crippen molar-refractivity contribution in [1.82, 2.24) is 5.32 Å². The summed E-state index contributed by atoms with van der Waals surface area (Å²) in [5, 5.41) is 13.6. The third-order valence-corrected chi connectivity index (χ3v) is 3.43. The van der Waals surface area contributed by atoms with Crippen molar-refractivity contribution < 1.29 is 14.5 Å². The van der Waals surface area contributed by atoms with Gasteiger partial charge in [0.2, 0.25) is 0 Å². The molecule has 0 saturated heterocycles. The van der Waals surface area contributed by atoms with Crippen LogP contribution >= 0.6 is 11.6 Å². The molecule has 1 aromatic carbocycles. The average molecular weight is 329 g/mol. The number of carbonyl (C=O) groups is 1. The SMILES string of the molecule is CCCCCC(C)NC(=O)COc1ccc([N+](=O)[O-])cc1Cl. The third-order valence-electron chi connectivity index (χ3n) is 3.13. The van der Waals surface area contributed by atoms with Crippen LogP contribution < -0.4 is 10.1 Å². The van der Waals surface area contributed by atoms with Gasteiger partial charge in [0.25, 0.3) is 11.6 Å². The molecule has 0 fully saturated rings. The summed E-state index contributed by atoms with van der Waals surface area (Å²) in [5.74, 6) is 0.0134. The number of carbonyl (C=O) groups excluding carboxylic acids is 1. The number of nitro groups is 1. The first-order chi connectivity index (χ1) is 10.4. The minimum Gasteiger partial charge on any atom is -0.482 e. The molecule has 0 spiro atoms. The quantitative estimate of drug-likeness (QED) is 0.425. The number of halogens is 1. The van der Waals surface area contributed by atoms with E-state index in [2.05, 4.69) is 12.2 Å². The van der Waals surface area contributed by atoms with Crippen molar-refractivity contribution in [3.05, 3.63) is 33.3 Å². The number of nitro benzene ring substituents is 1. The van der Waals surface area contributed by atoms with Crippen LogP contribution in [0.15, 0.2) is 18.2 Å². The molecule has 0 aliphatic carbocycles. The number of hydrogen-bond acceptors (Lipinski definition) is 4. The molecule has 0 radical (unpaired) electrons. The van der Waals surface area contributed by atoms with Crippen molar-refractivity contribution in [2.75, 3.05) is 6.61 Å². The molecule has 1 N–H and O–H groups in total. The van der Waals surface area contributed by atoms with Gasteiger partial charge < -0.3 is 10.1 Å². The van der Waals surface area contributed by atoms with Crippen molar-refractivity contribution in [3.8, 4) is 5.75 Å². The zero-order valence-electron chi connectivity index (χ0n) is 12.8. The molecular formula is C15H21ClN2O4. The standard InChI is InChI=1S/C15H21ClN2O4/c1-3-4-5-6-11(2)17-15(19)10-22-14-8-7-12(18(20)21)9-13(14)16/h7-9,11H,3-6,10H2,1-2H3,(H,17,19). The Morgan fingerprint density at radius 1 is 1.45 bits per heavy atom. The zero-order valence-corrected chi connectivity index (χ0v) is 13.6. The van der Waals surface area contributed by atoms with Crippen molar-refractivity contribution in [2.45, 2.75) is 45.6 Å². The molecule has 1 aromatic rings. The number of non-ortho nitro benzene ring substituents is 1. The van der Waals surface area contributed by atoms with Crippen LogP contribution in [-0.2, 0) is 4.79 Å². The first-order valence-electron chi connectivity index (χ1n) is 7.30. The molecule has 0 heterocycles. The van der Waals surface area contributed by atoms with Gasteiger partial charge in [0.15, 0.2) is 6.61 Å². The smallest absolute Gasteiger partial charge is 0.271 e. The maximum atomic E-state index is 11.8. The average Bonchev–Trinajstić information content (AvgIpc) is 2.46. The lowest BCUT2D eigenvalue weighted by Crippen LogP contribution is -2.36. The molecule has 0 saturated carbocycles. The van der Waals surface area contributed by atoms with Crippen molar-refractivity contribution in [2.24, 2.45) is 0 Å². The highest BCUT2D eigenvalue weighted by atomic mass is 35.5. The summed E-state index contributed by atoms with van der Waals surface area (Å²) < 4.78 is 5.29. The largest absolute Gasteiger partial charge is 0.482 e. The van der Waals surface area contributed by atoms with E-state index >= 15 is 0 Å². The number of benzene rings is 1. The van der Waals surface area contributed by atoms with E-state index < -0.39 is 4.92 Å². The van der Waals surface area contributed by atoms with Crippen LogP contribution in [0.4, 0.5) is 5.69 Å². The molecule has 122 valence electrons. The summed E-state index contributed by atoms with van der Waals surface area (Å²) in [6, 6.07) is 3.96. The first kappa shape index (κ1) is 18.2.